The smallest absolute Gasteiger partial charge is 0.433 e. The number of hydrogen-bond donors (Lipinski definition) is 2. The van der Waals surface area contributed by atoms with Crippen molar-refractivity contribution in [3.63, 3.8) is 0 Å². The monoisotopic (exact) mass is 730 g/mol. The fourth-order valence-corrected chi connectivity index (χ4v) is 7.83. The van der Waals surface area contributed by atoms with Crippen LogP contribution in [0.1, 0.15) is 66.8 Å². The van der Waals surface area contributed by atoms with Gasteiger partial charge in [0.05, 0.1) is 17.1 Å². The number of halogens is 3. The zero-order valence-electron chi connectivity index (χ0n) is 28.8. The quantitative estimate of drug-likeness (QED) is 0.216. The number of piperidine rings is 1. The van der Waals surface area contributed by atoms with Crippen LogP contribution in [0.2, 0.25) is 0 Å². The molecule has 1 saturated carbocycles. The predicted molar refractivity (Wildman–Crippen MR) is 187 cm³/mol. The number of hydrogen-bond acceptors (Lipinski definition) is 8. The Labute approximate surface area is 300 Å². The molecule has 3 amide bonds. The lowest BCUT2D eigenvalue weighted by Gasteiger charge is -2.42. The van der Waals surface area contributed by atoms with Crippen molar-refractivity contribution >= 4 is 45.3 Å². The van der Waals surface area contributed by atoms with E-state index in [1.165, 1.54) is 15.2 Å². The summed E-state index contributed by atoms with van der Waals surface area (Å²) in [5, 5.41) is 10.6. The number of benzene rings is 2. The first-order valence-corrected chi connectivity index (χ1v) is 17.7. The summed E-state index contributed by atoms with van der Waals surface area (Å²) in [7, 11) is 1.66. The number of carbonyl (C=O) groups is 3. The number of pyridine rings is 1. The maximum Gasteiger partial charge on any atom is 0.433 e. The Morgan fingerprint density at radius 1 is 1.00 bits per heavy atom. The fourth-order valence-electron chi connectivity index (χ4n) is 7.83. The molecule has 53 heavy (non-hydrogen) atoms. The van der Waals surface area contributed by atoms with Crippen LogP contribution in [0.15, 0.2) is 65.6 Å². The summed E-state index contributed by atoms with van der Waals surface area (Å²) in [6, 6.07) is 13.4. The second kappa shape index (κ2) is 13.5. The van der Waals surface area contributed by atoms with Crippen LogP contribution in [-0.4, -0.2) is 72.3 Å². The number of anilines is 1. The Kier molecular flexibility index (Phi) is 8.79. The highest BCUT2D eigenvalue weighted by atomic mass is 19.4. The van der Waals surface area contributed by atoms with Gasteiger partial charge in [-0.1, -0.05) is 12.1 Å². The number of amides is 3. The second-order valence-electron chi connectivity index (χ2n) is 14.2. The summed E-state index contributed by atoms with van der Waals surface area (Å²) < 4.78 is 50.5. The number of para-hydroxylation sites is 1. The molecular weight excluding hydrogens is 693 g/mol. The minimum absolute atomic E-state index is 0.0292. The van der Waals surface area contributed by atoms with Gasteiger partial charge in [0.15, 0.2) is 0 Å². The Morgan fingerprint density at radius 2 is 1.77 bits per heavy atom. The molecule has 0 spiro atoms. The topological polar surface area (TPSA) is 145 Å². The van der Waals surface area contributed by atoms with Gasteiger partial charge in [-0.15, -0.1) is 0 Å². The highest BCUT2D eigenvalue weighted by Gasteiger charge is 2.35. The van der Waals surface area contributed by atoms with Gasteiger partial charge in [0, 0.05) is 50.4 Å². The van der Waals surface area contributed by atoms with Crippen molar-refractivity contribution in [1.82, 2.24) is 34.1 Å². The standard InChI is InChI=1S/C37H37F3N8O5/c1-45-33-28(48(36(45)52)29-14-15-32(49)43-35(29)51)5-3-6-30(33)53-25-19-46(20-25)17-21-8-11-24(12-9-21)47-18-22-16-23(10-13-26(22)44-47)41-34(50)27-4-2-7-31(42-27)37(38,39)40/h2-7,10,13,16,18,21,24-25,29H,8-9,11-12,14-15,17,19-20H2,1H3,(H,41,50)(H,43,49,51). The first-order chi connectivity index (χ1) is 25.4. The van der Waals surface area contributed by atoms with Crippen LogP contribution in [0.3, 0.4) is 0 Å². The number of fused-ring (bicyclic) bond motifs is 2. The van der Waals surface area contributed by atoms with Gasteiger partial charge in [-0.3, -0.25) is 38.4 Å². The van der Waals surface area contributed by atoms with Gasteiger partial charge in [0.2, 0.25) is 11.8 Å². The van der Waals surface area contributed by atoms with E-state index in [1.807, 2.05) is 23.0 Å². The number of ether oxygens (including phenoxy) is 1. The van der Waals surface area contributed by atoms with Crippen molar-refractivity contribution in [3.05, 3.63) is 82.7 Å². The summed E-state index contributed by atoms with van der Waals surface area (Å²) in [5.41, 5.74) is 0.647. The summed E-state index contributed by atoms with van der Waals surface area (Å²) in [4.78, 5) is 56.0. The zero-order chi connectivity index (χ0) is 37.0. The molecule has 3 fully saturated rings. The first-order valence-electron chi connectivity index (χ1n) is 17.7. The third-order valence-corrected chi connectivity index (χ3v) is 10.6. The number of imide groups is 1. The molecule has 1 aliphatic carbocycles. The van der Waals surface area contributed by atoms with Crippen LogP contribution >= 0.6 is 0 Å². The molecule has 8 rings (SSSR count). The SMILES string of the molecule is Cn1c(=O)n(C2CCC(=O)NC2=O)c2cccc(OC3CN(CC4CCC(n5cc6cc(NC(=O)c7cccc(C(F)(F)F)n7)ccc6n5)CC4)C3)c21. The lowest BCUT2D eigenvalue weighted by atomic mass is 9.85. The molecule has 2 aromatic carbocycles. The maximum atomic E-state index is 13.2. The minimum atomic E-state index is -4.64. The van der Waals surface area contributed by atoms with E-state index in [4.69, 9.17) is 9.84 Å². The van der Waals surface area contributed by atoms with Crippen molar-refractivity contribution < 1.29 is 32.3 Å². The molecule has 2 saturated heterocycles. The average molecular weight is 731 g/mol. The number of imidazole rings is 1. The van der Waals surface area contributed by atoms with E-state index in [0.29, 0.717) is 28.4 Å². The normalized spacial score (nSPS) is 21.5. The Morgan fingerprint density at radius 3 is 2.53 bits per heavy atom. The summed E-state index contributed by atoms with van der Waals surface area (Å²) >= 11 is 0. The number of aryl methyl sites for hydroxylation is 1. The maximum absolute atomic E-state index is 13.2. The van der Waals surface area contributed by atoms with E-state index in [-0.39, 0.29) is 42.3 Å². The fraction of sp³-hybridized carbons (Fsp3) is 0.405. The van der Waals surface area contributed by atoms with Crippen molar-refractivity contribution in [2.24, 2.45) is 13.0 Å². The molecule has 13 nitrogen and oxygen atoms in total. The summed E-state index contributed by atoms with van der Waals surface area (Å²) in [5.74, 6) is -0.407. The molecule has 0 bridgehead atoms. The van der Waals surface area contributed by atoms with Gasteiger partial charge in [0.1, 0.15) is 34.8 Å². The van der Waals surface area contributed by atoms with Crippen molar-refractivity contribution in [2.75, 3.05) is 25.0 Å². The van der Waals surface area contributed by atoms with Crippen LogP contribution in [0.25, 0.3) is 21.9 Å². The van der Waals surface area contributed by atoms with Crippen molar-refractivity contribution in [1.29, 1.82) is 0 Å². The molecule has 2 N–H and O–H groups in total. The van der Waals surface area contributed by atoms with Gasteiger partial charge < -0.3 is 10.1 Å². The summed E-state index contributed by atoms with van der Waals surface area (Å²) in [6.45, 7) is 2.50. The van der Waals surface area contributed by atoms with Crippen LogP contribution in [0.4, 0.5) is 18.9 Å². The number of carbonyl (C=O) groups excluding carboxylic acids is 3. The first kappa shape index (κ1) is 34.6. The van der Waals surface area contributed by atoms with Gasteiger partial charge in [-0.05, 0) is 80.5 Å². The number of nitrogens with one attached hydrogen (secondary N) is 2. The van der Waals surface area contributed by atoms with E-state index in [1.54, 1.807) is 31.3 Å². The van der Waals surface area contributed by atoms with E-state index in [9.17, 15) is 32.3 Å². The second-order valence-corrected chi connectivity index (χ2v) is 14.2. The number of aromatic nitrogens is 5. The molecular formula is C37H37F3N8O5. The molecule has 5 aromatic rings. The third kappa shape index (κ3) is 6.78. The van der Waals surface area contributed by atoms with E-state index >= 15 is 0 Å². The van der Waals surface area contributed by atoms with E-state index in [2.05, 4.69) is 20.5 Å². The summed E-state index contributed by atoms with van der Waals surface area (Å²) in [6.07, 6.45) is 1.75. The van der Waals surface area contributed by atoms with Gasteiger partial charge in [-0.25, -0.2) is 9.78 Å². The predicted octanol–water partition coefficient (Wildman–Crippen LogP) is 4.83. The molecule has 3 aliphatic rings. The van der Waals surface area contributed by atoms with E-state index in [0.717, 1.165) is 68.4 Å². The van der Waals surface area contributed by atoms with Crippen molar-refractivity contribution in [2.45, 2.75) is 62.9 Å². The highest BCUT2D eigenvalue weighted by molar-refractivity contribution is 6.04. The average Bonchev–Trinajstić information content (AvgIpc) is 3.65. The molecule has 5 heterocycles. The van der Waals surface area contributed by atoms with Crippen LogP contribution < -0.4 is 21.1 Å². The number of alkyl halides is 3. The molecule has 16 heteroatoms. The third-order valence-electron chi connectivity index (χ3n) is 10.6. The van der Waals surface area contributed by atoms with Crippen molar-refractivity contribution in [3.8, 4) is 5.75 Å². The number of likely N-dealkylation sites (tertiary alicyclic amines) is 1. The number of nitrogens with zero attached hydrogens (tertiary/aromatic N) is 6. The number of rotatable bonds is 8. The largest absolute Gasteiger partial charge is 0.485 e. The lowest BCUT2D eigenvalue weighted by molar-refractivity contribution is -0.141. The van der Waals surface area contributed by atoms with Crippen LogP contribution in [0.5, 0.6) is 5.75 Å². The Balaban J connectivity index is 0.839. The molecule has 2 aliphatic heterocycles. The molecule has 1 atom stereocenters. The highest BCUT2D eigenvalue weighted by Crippen LogP contribution is 2.35. The van der Waals surface area contributed by atoms with Crippen LogP contribution in [-0.2, 0) is 22.8 Å². The lowest BCUT2D eigenvalue weighted by Crippen LogP contribution is -2.55. The van der Waals surface area contributed by atoms with Gasteiger partial charge in [-0.2, -0.15) is 18.3 Å². The Hall–Kier alpha value is -5.51. The molecule has 3 aromatic heterocycles. The van der Waals surface area contributed by atoms with Crippen LogP contribution in [0, 0.1) is 5.92 Å². The Bertz CT molecular complexity index is 2300. The zero-order valence-corrected chi connectivity index (χ0v) is 28.8. The molecule has 0 radical (unpaired) electrons. The van der Waals surface area contributed by atoms with Gasteiger partial charge in [0.25, 0.3) is 5.91 Å². The molecule has 1 unspecified atom stereocenters. The van der Waals surface area contributed by atoms with Gasteiger partial charge >= 0.3 is 11.9 Å². The minimum Gasteiger partial charge on any atom is -0.485 e. The molecule has 276 valence electrons. The van der Waals surface area contributed by atoms with E-state index < -0.39 is 29.7 Å².